The second-order valence-electron chi connectivity index (χ2n) is 7.01. The molecule has 2 aromatic carbocycles. The zero-order valence-electron chi connectivity index (χ0n) is 16.7. The quantitative estimate of drug-likeness (QED) is 0.399. The number of morpholine rings is 1. The number of hydrogen-bond donors (Lipinski definition) is 0. The molecule has 2 heterocycles. The molecule has 1 fully saturated rings. The molecule has 3 aromatic rings. The van der Waals surface area contributed by atoms with Crippen LogP contribution in [0.2, 0.25) is 0 Å². The summed E-state index contributed by atoms with van der Waals surface area (Å²) in [6.45, 7) is 3.07. The first kappa shape index (κ1) is 20.8. The normalized spacial score (nSPS) is 14.2. The molecule has 0 bridgehead atoms. The van der Waals surface area contributed by atoms with Crippen LogP contribution in [0.25, 0.3) is 6.08 Å². The van der Waals surface area contributed by atoms with E-state index in [1.54, 1.807) is 30.3 Å². The molecule has 1 aliphatic rings. The summed E-state index contributed by atoms with van der Waals surface area (Å²) in [5.41, 5.74) is 1.65. The minimum Gasteiger partial charge on any atom is -0.483 e. The summed E-state index contributed by atoms with van der Waals surface area (Å²) in [5, 5.41) is 0. The van der Waals surface area contributed by atoms with E-state index < -0.39 is 11.6 Å². The van der Waals surface area contributed by atoms with Crippen LogP contribution in [0.3, 0.4) is 0 Å². The first-order valence-electron chi connectivity index (χ1n) is 9.90. The van der Waals surface area contributed by atoms with Crippen LogP contribution in [0.1, 0.15) is 21.9 Å². The topological polar surface area (TPSA) is 51.9 Å². The summed E-state index contributed by atoms with van der Waals surface area (Å²) in [4.78, 5) is 14.6. The van der Waals surface area contributed by atoms with Crippen molar-refractivity contribution in [3.8, 4) is 5.75 Å². The smallest absolute Gasteiger partial charge is 0.185 e. The van der Waals surface area contributed by atoms with Crippen LogP contribution >= 0.6 is 0 Å². The van der Waals surface area contributed by atoms with Crippen molar-refractivity contribution < 1.29 is 27.5 Å². The van der Waals surface area contributed by atoms with Crippen molar-refractivity contribution >= 4 is 17.5 Å². The molecule has 0 amide bonds. The number of hydrogen-bond acceptors (Lipinski definition) is 5. The molecule has 0 atom stereocenters. The van der Waals surface area contributed by atoms with Gasteiger partial charge in [-0.15, -0.1) is 0 Å². The molecule has 0 aliphatic carbocycles. The number of halogens is 2. The molecule has 160 valence electrons. The lowest BCUT2D eigenvalue weighted by atomic mass is 10.1. The average molecular weight is 425 g/mol. The number of ether oxygens (including phenoxy) is 2. The SMILES string of the molecule is O=C(/C=C/c1ccc(COc2ccc(F)cc2F)o1)c1ccc(N2CCOCC2)cc1. The number of benzene rings is 2. The van der Waals surface area contributed by atoms with Crippen molar-refractivity contribution in [2.45, 2.75) is 6.61 Å². The zero-order chi connectivity index (χ0) is 21.6. The van der Waals surface area contributed by atoms with Gasteiger partial charge in [-0.05, 0) is 60.7 Å². The molecule has 4 rings (SSSR count). The molecular weight excluding hydrogens is 404 g/mol. The highest BCUT2D eigenvalue weighted by molar-refractivity contribution is 6.06. The summed E-state index contributed by atoms with van der Waals surface area (Å²) in [5.74, 6) is -0.739. The van der Waals surface area contributed by atoms with Crippen LogP contribution in [0.4, 0.5) is 14.5 Å². The van der Waals surface area contributed by atoms with Gasteiger partial charge in [-0.2, -0.15) is 0 Å². The molecule has 1 aromatic heterocycles. The van der Waals surface area contributed by atoms with Crippen molar-refractivity contribution in [2.75, 3.05) is 31.2 Å². The van der Waals surface area contributed by atoms with E-state index in [0.29, 0.717) is 30.3 Å². The third-order valence-electron chi connectivity index (χ3n) is 4.87. The lowest BCUT2D eigenvalue weighted by Crippen LogP contribution is -2.36. The van der Waals surface area contributed by atoms with Crippen LogP contribution < -0.4 is 9.64 Å². The Balaban J connectivity index is 1.33. The number of ketones is 1. The first-order chi connectivity index (χ1) is 15.1. The minimum atomic E-state index is -0.781. The number of furan rings is 1. The van der Waals surface area contributed by atoms with E-state index in [2.05, 4.69) is 4.90 Å². The predicted octanol–water partition coefficient (Wildman–Crippen LogP) is 4.87. The largest absolute Gasteiger partial charge is 0.483 e. The number of rotatable bonds is 7. The Kier molecular flexibility index (Phi) is 6.43. The van der Waals surface area contributed by atoms with Gasteiger partial charge in [0, 0.05) is 30.4 Å². The van der Waals surface area contributed by atoms with Crippen LogP contribution in [-0.4, -0.2) is 32.1 Å². The Labute approximate surface area is 178 Å². The second kappa shape index (κ2) is 9.57. The van der Waals surface area contributed by atoms with Gasteiger partial charge in [-0.1, -0.05) is 0 Å². The Bertz CT molecular complexity index is 1070. The highest BCUT2D eigenvalue weighted by atomic mass is 19.1. The predicted molar refractivity (Wildman–Crippen MR) is 112 cm³/mol. The summed E-state index contributed by atoms with van der Waals surface area (Å²) < 4.78 is 42.8. The number of carbonyl (C=O) groups is 1. The van der Waals surface area contributed by atoms with Crippen LogP contribution in [0, 0.1) is 11.6 Å². The molecule has 1 aliphatic heterocycles. The molecule has 7 heteroatoms. The molecule has 0 unspecified atom stereocenters. The van der Waals surface area contributed by atoms with Crippen LogP contribution in [0.5, 0.6) is 5.75 Å². The van der Waals surface area contributed by atoms with Gasteiger partial charge < -0.3 is 18.8 Å². The summed E-state index contributed by atoms with van der Waals surface area (Å²) in [7, 11) is 0. The van der Waals surface area contributed by atoms with Gasteiger partial charge in [-0.3, -0.25) is 4.79 Å². The highest BCUT2D eigenvalue weighted by Gasteiger charge is 2.12. The fourth-order valence-electron chi connectivity index (χ4n) is 3.21. The fourth-order valence-corrected chi connectivity index (χ4v) is 3.21. The molecular formula is C24H21F2NO4. The monoisotopic (exact) mass is 425 g/mol. The van der Waals surface area contributed by atoms with Gasteiger partial charge in [0.1, 0.15) is 23.9 Å². The van der Waals surface area contributed by atoms with Crippen molar-refractivity contribution in [1.29, 1.82) is 0 Å². The standard InChI is InChI=1S/C24H21F2NO4/c25-18-3-10-24(22(26)15-18)30-16-21-7-6-20(31-21)8-9-23(28)17-1-4-19(5-2-17)27-11-13-29-14-12-27/h1-10,15H,11-14,16H2/b9-8+. The maximum atomic E-state index is 13.6. The van der Waals surface area contributed by atoms with E-state index >= 15 is 0 Å². The Hall–Kier alpha value is -3.45. The van der Waals surface area contributed by atoms with E-state index in [9.17, 15) is 13.6 Å². The second-order valence-corrected chi connectivity index (χ2v) is 7.01. The molecule has 5 nitrogen and oxygen atoms in total. The summed E-state index contributed by atoms with van der Waals surface area (Å²) >= 11 is 0. The van der Waals surface area contributed by atoms with Gasteiger partial charge in [0.15, 0.2) is 17.3 Å². The number of allylic oxidation sites excluding steroid dienone is 1. The molecule has 0 spiro atoms. The van der Waals surface area contributed by atoms with Gasteiger partial charge in [0.2, 0.25) is 0 Å². The molecule has 0 saturated carbocycles. The van der Waals surface area contributed by atoms with E-state index in [1.807, 2.05) is 12.1 Å². The van der Waals surface area contributed by atoms with Crippen molar-refractivity contribution in [1.82, 2.24) is 0 Å². The van der Waals surface area contributed by atoms with E-state index in [1.165, 1.54) is 12.1 Å². The molecule has 0 N–H and O–H groups in total. The Morgan fingerprint density at radius 3 is 2.55 bits per heavy atom. The van der Waals surface area contributed by atoms with E-state index in [-0.39, 0.29) is 18.1 Å². The highest BCUT2D eigenvalue weighted by Crippen LogP contribution is 2.20. The van der Waals surface area contributed by atoms with Gasteiger partial charge in [-0.25, -0.2) is 8.78 Å². The number of carbonyl (C=O) groups excluding carboxylic acids is 1. The maximum Gasteiger partial charge on any atom is 0.185 e. The lowest BCUT2D eigenvalue weighted by Gasteiger charge is -2.28. The fraction of sp³-hybridized carbons (Fsp3) is 0.208. The molecule has 31 heavy (non-hydrogen) atoms. The first-order valence-corrected chi connectivity index (χ1v) is 9.90. The zero-order valence-corrected chi connectivity index (χ0v) is 16.7. The van der Waals surface area contributed by atoms with Crippen LogP contribution in [0.15, 0.2) is 65.1 Å². The lowest BCUT2D eigenvalue weighted by molar-refractivity contribution is 0.104. The average Bonchev–Trinajstić information content (AvgIpc) is 3.25. The minimum absolute atomic E-state index is 0.0205. The van der Waals surface area contributed by atoms with Crippen LogP contribution in [-0.2, 0) is 11.3 Å². The summed E-state index contributed by atoms with van der Waals surface area (Å²) in [6, 6.07) is 13.9. The third kappa shape index (κ3) is 5.38. The van der Waals surface area contributed by atoms with Crippen molar-refractivity contribution in [3.05, 3.63) is 89.4 Å². The van der Waals surface area contributed by atoms with Crippen molar-refractivity contribution in [3.63, 3.8) is 0 Å². The van der Waals surface area contributed by atoms with Gasteiger partial charge in [0.25, 0.3) is 0 Å². The number of nitrogens with zero attached hydrogens (tertiary/aromatic N) is 1. The third-order valence-corrected chi connectivity index (χ3v) is 4.87. The molecule has 0 radical (unpaired) electrons. The van der Waals surface area contributed by atoms with Gasteiger partial charge >= 0.3 is 0 Å². The maximum absolute atomic E-state index is 13.6. The van der Waals surface area contributed by atoms with Gasteiger partial charge in [0.05, 0.1) is 13.2 Å². The molecule has 1 saturated heterocycles. The Morgan fingerprint density at radius 1 is 1.03 bits per heavy atom. The summed E-state index contributed by atoms with van der Waals surface area (Å²) in [6.07, 6.45) is 3.01. The van der Waals surface area contributed by atoms with E-state index in [4.69, 9.17) is 13.9 Å². The Morgan fingerprint density at radius 2 is 1.81 bits per heavy atom. The number of anilines is 1. The van der Waals surface area contributed by atoms with E-state index in [0.717, 1.165) is 30.9 Å². The van der Waals surface area contributed by atoms with Crippen molar-refractivity contribution in [2.24, 2.45) is 0 Å².